The Balaban J connectivity index is 2.54. The molecule has 0 aliphatic carbocycles. The van der Waals surface area contributed by atoms with Crippen molar-refractivity contribution in [3.8, 4) is 17.1 Å². The number of hydrogen-bond donors (Lipinski definition) is 0. The van der Waals surface area contributed by atoms with Gasteiger partial charge in [-0.1, -0.05) is 57.9 Å². The molecule has 0 bridgehead atoms. The van der Waals surface area contributed by atoms with E-state index < -0.39 is 44.7 Å². The molecule has 2 atom stereocenters. The monoisotopic (exact) mass is 356 g/mol. The second-order valence-electron chi connectivity index (χ2n) is 5.79. The number of benzene rings is 2. The highest BCUT2D eigenvalue weighted by Gasteiger charge is 2.18. The van der Waals surface area contributed by atoms with Gasteiger partial charge >= 0.3 is 0 Å². The third-order valence-electron chi connectivity index (χ3n) is 3.98. The molecule has 3 nitrogen and oxygen atoms in total. The Hall–Kier alpha value is -2.86. The topological polar surface area (TPSA) is 22.2 Å². The predicted octanol–water partition coefficient (Wildman–Crippen LogP) is 6.65. The van der Waals surface area contributed by atoms with Crippen LogP contribution < -0.4 is 0 Å². The average molecular weight is 357 g/mol. The van der Waals surface area contributed by atoms with Gasteiger partial charge in [-0.05, 0) is 41.4 Å². The number of para-hydroxylation sites is 1. The number of rotatable bonds is 4. The summed E-state index contributed by atoms with van der Waals surface area (Å²) in [6, 6.07) is 7.58. The van der Waals surface area contributed by atoms with Crippen LogP contribution in [0, 0.1) is 13.4 Å². The third kappa shape index (κ3) is 3.15. The van der Waals surface area contributed by atoms with E-state index in [1.54, 1.807) is 0 Å². The van der Waals surface area contributed by atoms with Crippen molar-refractivity contribution in [2.45, 2.75) is 46.2 Å². The zero-order valence-electron chi connectivity index (χ0n) is 27.3. The van der Waals surface area contributed by atoms with Gasteiger partial charge in [0.1, 0.15) is 5.82 Å². The van der Waals surface area contributed by atoms with Crippen LogP contribution in [-0.2, 0) is 0 Å². The Morgan fingerprint density at radius 2 is 1.92 bits per heavy atom. The van der Waals surface area contributed by atoms with Crippen LogP contribution in [-0.4, -0.2) is 9.55 Å². The van der Waals surface area contributed by atoms with E-state index in [1.165, 1.54) is 36.4 Å². The van der Waals surface area contributed by atoms with Crippen molar-refractivity contribution < 1.29 is 17.8 Å². The second-order valence-corrected chi connectivity index (χ2v) is 5.79. The minimum absolute atomic E-state index is 0.0860. The van der Waals surface area contributed by atoms with E-state index in [1.807, 2.05) is 0 Å². The Morgan fingerprint density at radius 3 is 2.54 bits per heavy atom. The lowest BCUT2D eigenvalue weighted by atomic mass is 9.92. The van der Waals surface area contributed by atoms with Crippen molar-refractivity contribution in [3.05, 3.63) is 76.9 Å². The summed E-state index contributed by atoms with van der Waals surface area (Å²) >= 11 is 0. The predicted molar refractivity (Wildman–Crippen MR) is 108 cm³/mol. The quantitative estimate of drug-likeness (QED) is 0.480. The fourth-order valence-corrected chi connectivity index (χ4v) is 2.74. The molecule has 3 heteroatoms. The van der Waals surface area contributed by atoms with E-state index in [-0.39, 0.29) is 39.5 Å². The highest BCUT2D eigenvalue weighted by molar-refractivity contribution is 5.68. The fraction of sp³-hybridized carbons (Fsp3) is 0.304. The number of aromatic nitrogens is 2. The summed E-state index contributed by atoms with van der Waals surface area (Å²) in [5, 5.41) is 0. The summed E-state index contributed by atoms with van der Waals surface area (Å²) in [6.07, 6.45) is -1.18. The maximum absolute atomic E-state index is 8.77. The fourth-order valence-electron chi connectivity index (χ4n) is 2.74. The van der Waals surface area contributed by atoms with Crippen LogP contribution in [0.2, 0.25) is 0 Å². The molecule has 0 amide bonds. The number of aryl methyl sites for hydroxylation is 1. The van der Waals surface area contributed by atoms with Crippen LogP contribution in [0.15, 0.2) is 48.7 Å². The SMILES string of the molecule is [2H]c1nc(-c2ccc(C([2H])([2H])[2H])c([N+]#[C-])c2)n(-c2c(C([2H])(C)C([2H])([2H])[2H])cccc2C([2H])(C)C([2H])([2H])[2H])c1[2H]. The molecule has 0 spiro atoms. The molecule has 0 aliphatic heterocycles. The van der Waals surface area contributed by atoms with Crippen LogP contribution in [0.5, 0.6) is 0 Å². The molecule has 0 saturated carbocycles. The normalized spacial score (nSPS) is 24.4. The van der Waals surface area contributed by atoms with Gasteiger partial charge in [-0.3, -0.25) is 4.57 Å². The van der Waals surface area contributed by atoms with Crippen molar-refractivity contribution in [2.75, 3.05) is 0 Å². The molecule has 0 radical (unpaired) electrons. The highest BCUT2D eigenvalue weighted by atomic mass is 15.1. The van der Waals surface area contributed by atoms with Crippen LogP contribution in [0.3, 0.4) is 0 Å². The summed E-state index contributed by atoms with van der Waals surface area (Å²) < 4.78 is 106. The minimum Gasteiger partial charge on any atom is -0.299 e. The molecule has 0 N–H and O–H groups in total. The van der Waals surface area contributed by atoms with E-state index in [0.717, 1.165) is 18.4 Å². The molecule has 132 valence electrons. The van der Waals surface area contributed by atoms with Crippen molar-refractivity contribution >= 4 is 5.69 Å². The molecule has 26 heavy (non-hydrogen) atoms. The summed E-state index contributed by atoms with van der Waals surface area (Å²) in [4.78, 5) is 7.37. The Bertz CT molecular complexity index is 1410. The lowest BCUT2D eigenvalue weighted by Crippen LogP contribution is -2.07. The molecule has 2 unspecified atom stereocenters. The van der Waals surface area contributed by atoms with Gasteiger partial charge in [0, 0.05) is 33.0 Å². The van der Waals surface area contributed by atoms with Gasteiger partial charge in [0.25, 0.3) is 0 Å². The molecule has 0 aliphatic rings. The van der Waals surface area contributed by atoms with Crippen LogP contribution in [0.25, 0.3) is 21.9 Å². The van der Waals surface area contributed by atoms with Gasteiger partial charge in [-0.25, -0.2) is 9.83 Å². The van der Waals surface area contributed by atoms with Crippen molar-refractivity contribution in [1.29, 1.82) is 0 Å². The smallest absolute Gasteiger partial charge is 0.190 e. The van der Waals surface area contributed by atoms with E-state index in [9.17, 15) is 0 Å². The van der Waals surface area contributed by atoms with Gasteiger partial charge in [0.2, 0.25) is 0 Å². The van der Waals surface area contributed by atoms with Crippen molar-refractivity contribution in [2.24, 2.45) is 0 Å². The van der Waals surface area contributed by atoms with E-state index in [2.05, 4.69) is 9.83 Å². The molecule has 0 saturated heterocycles. The maximum atomic E-state index is 8.77. The number of nitrogens with zero attached hydrogens (tertiary/aromatic N) is 3. The highest BCUT2D eigenvalue weighted by Crippen LogP contribution is 2.34. The standard InChI is InChI=1S/C23H25N3/c1-15(2)19-8-7-9-20(16(3)4)22(19)26-13-12-25-23(26)18-11-10-17(5)21(14-18)24-6/h7-16H,1-5H3/i1D3,3D3,5D3,12D,13D,15D,16D. The Morgan fingerprint density at radius 1 is 1.19 bits per heavy atom. The molecule has 1 heterocycles. The second kappa shape index (κ2) is 7.17. The number of hydrogen-bond acceptors (Lipinski definition) is 1. The van der Waals surface area contributed by atoms with Crippen LogP contribution >= 0.6 is 0 Å². The average Bonchev–Trinajstić information content (AvgIpc) is 3.09. The lowest BCUT2D eigenvalue weighted by Gasteiger charge is -2.22. The van der Waals surface area contributed by atoms with Crippen molar-refractivity contribution in [1.82, 2.24) is 9.55 Å². The third-order valence-corrected chi connectivity index (χ3v) is 3.98. The molecule has 3 aromatic rings. The zero-order valence-corrected chi connectivity index (χ0v) is 14.3. The first kappa shape index (κ1) is 7.80. The van der Waals surface area contributed by atoms with Crippen molar-refractivity contribution in [3.63, 3.8) is 0 Å². The van der Waals surface area contributed by atoms with Gasteiger partial charge in [0.05, 0.1) is 15.0 Å². The lowest BCUT2D eigenvalue weighted by molar-refractivity contribution is 0.807. The molecule has 2 aromatic carbocycles. The summed E-state index contributed by atoms with van der Waals surface area (Å²) in [5.74, 6) is -4.90. The number of imidazole rings is 1. The first-order valence-electron chi connectivity index (χ1n) is 14.3. The Kier molecular flexibility index (Phi) is 2.15. The van der Waals surface area contributed by atoms with Gasteiger partial charge < -0.3 is 0 Å². The molecular formula is C23H25N3. The van der Waals surface area contributed by atoms with E-state index >= 15 is 0 Å². The van der Waals surface area contributed by atoms with Crippen LogP contribution in [0.4, 0.5) is 5.69 Å². The summed E-state index contributed by atoms with van der Waals surface area (Å²) in [7, 11) is 0. The summed E-state index contributed by atoms with van der Waals surface area (Å²) in [5.41, 5.74) is -1.15. The van der Waals surface area contributed by atoms with Gasteiger partial charge in [-0.2, -0.15) is 0 Å². The first-order chi connectivity index (χ1) is 17.6. The maximum Gasteiger partial charge on any atom is 0.190 e. The molecular weight excluding hydrogens is 318 g/mol. The Labute approximate surface area is 174 Å². The van der Waals surface area contributed by atoms with E-state index in [4.69, 9.17) is 24.4 Å². The van der Waals surface area contributed by atoms with Gasteiger partial charge in [-0.15, -0.1) is 0 Å². The largest absolute Gasteiger partial charge is 0.299 e. The molecule has 1 aromatic heterocycles. The van der Waals surface area contributed by atoms with Crippen LogP contribution in [0.1, 0.15) is 73.8 Å². The summed E-state index contributed by atoms with van der Waals surface area (Å²) in [6.45, 7) is 1.20. The zero-order chi connectivity index (χ0) is 29.9. The van der Waals surface area contributed by atoms with Gasteiger partial charge in [0.15, 0.2) is 5.69 Å². The first-order valence-corrected chi connectivity index (χ1v) is 7.80. The minimum atomic E-state index is -2.93. The van der Waals surface area contributed by atoms with E-state index in [0.29, 0.717) is 0 Å². The molecule has 0 fully saturated rings. The molecule has 3 rings (SSSR count).